The molecule has 0 spiro atoms. The molecule has 100 valence electrons. The molecule has 2 nitrogen and oxygen atoms in total. The summed E-state index contributed by atoms with van der Waals surface area (Å²) in [6.45, 7) is 6.89. The molecular formula is C16H26N2. The first-order valence-electron chi connectivity index (χ1n) is 7.14. The van der Waals surface area contributed by atoms with Crippen LogP contribution in [0.15, 0.2) is 24.3 Å². The van der Waals surface area contributed by atoms with E-state index in [9.17, 15) is 0 Å². The molecule has 18 heavy (non-hydrogen) atoms. The van der Waals surface area contributed by atoms with Crippen LogP contribution >= 0.6 is 0 Å². The molecule has 2 rings (SSSR count). The summed E-state index contributed by atoms with van der Waals surface area (Å²) in [6.07, 6.45) is 3.90. The van der Waals surface area contributed by atoms with Crippen LogP contribution in [0.4, 0.5) is 0 Å². The number of hydrazine groups is 1. The molecule has 1 fully saturated rings. The van der Waals surface area contributed by atoms with E-state index < -0.39 is 0 Å². The normalized spacial score (nSPS) is 30.1. The van der Waals surface area contributed by atoms with Crippen LogP contribution in [0.1, 0.15) is 50.3 Å². The highest BCUT2D eigenvalue weighted by molar-refractivity contribution is 5.25. The van der Waals surface area contributed by atoms with E-state index in [2.05, 4.69) is 50.5 Å². The van der Waals surface area contributed by atoms with E-state index in [4.69, 9.17) is 5.84 Å². The molecule has 0 aliphatic heterocycles. The lowest BCUT2D eigenvalue weighted by Gasteiger charge is -2.36. The predicted octanol–water partition coefficient (Wildman–Crippen LogP) is 3.57. The summed E-state index contributed by atoms with van der Waals surface area (Å²) in [4.78, 5) is 0. The quantitative estimate of drug-likeness (QED) is 0.632. The van der Waals surface area contributed by atoms with Gasteiger partial charge in [0.25, 0.3) is 0 Å². The summed E-state index contributed by atoms with van der Waals surface area (Å²) >= 11 is 0. The average Bonchev–Trinajstić information content (AvgIpc) is 2.35. The van der Waals surface area contributed by atoms with E-state index in [-0.39, 0.29) is 0 Å². The van der Waals surface area contributed by atoms with Crippen LogP contribution in [0, 0.1) is 24.7 Å². The summed E-state index contributed by atoms with van der Waals surface area (Å²) in [6, 6.07) is 9.03. The Morgan fingerprint density at radius 3 is 2.61 bits per heavy atom. The lowest BCUT2D eigenvalue weighted by Crippen LogP contribution is -2.36. The Morgan fingerprint density at radius 2 is 2.00 bits per heavy atom. The maximum Gasteiger partial charge on any atom is 0.0488 e. The van der Waals surface area contributed by atoms with Gasteiger partial charge in [0.15, 0.2) is 0 Å². The number of hydrogen-bond acceptors (Lipinski definition) is 2. The van der Waals surface area contributed by atoms with Gasteiger partial charge in [-0.1, -0.05) is 50.1 Å². The standard InChI is InChI=1S/C16H26N2/c1-11-5-4-6-14(9-11)16(18-17)15-8-7-12(2)13(3)10-15/h4-6,9,12-13,15-16,18H,7-8,10,17H2,1-3H3. The molecule has 3 N–H and O–H groups in total. The molecule has 1 aromatic carbocycles. The van der Waals surface area contributed by atoms with Gasteiger partial charge in [0.2, 0.25) is 0 Å². The average molecular weight is 246 g/mol. The summed E-state index contributed by atoms with van der Waals surface area (Å²) < 4.78 is 0. The van der Waals surface area contributed by atoms with Crippen molar-refractivity contribution >= 4 is 0 Å². The van der Waals surface area contributed by atoms with Crippen molar-refractivity contribution in [3.05, 3.63) is 35.4 Å². The first-order valence-corrected chi connectivity index (χ1v) is 7.14. The Balaban J connectivity index is 2.14. The lowest BCUT2D eigenvalue weighted by molar-refractivity contribution is 0.171. The third-order valence-electron chi connectivity index (χ3n) is 4.69. The van der Waals surface area contributed by atoms with Gasteiger partial charge >= 0.3 is 0 Å². The zero-order chi connectivity index (χ0) is 13.1. The maximum atomic E-state index is 5.82. The Morgan fingerprint density at radius 1 is 1.22 bits per heavy atom. The highest BCUT2D eigenvalue weighted by atomic mass is 15.2. The molecule has 1 aliphatic carbocycles. The van der Waals surface area contributed by atoms with Gasteiger partial charge < -0.3 is 0 Å². The first-order chi connectivity index (χ1) is 8.61. The van der Waals surface area contributed by atoms with Crippen molar-refractivity contribution in [1.82, 2.24) is 5.43 Å². The van der Waals surface area contributed by atoms with Crippen molar-refractivity contribution in [2.24, 2.45) is 23.6 Å². The Hall–Kier alpha value is -0.860. The Kier molecular flexibility index (Phi) is 4.41. The SMILES string of the molecule is Cc1cccc(C(NN)C2CCC(C)C(C)C2)c1. The molecule has 0 bridgehead atoms. The molecule has 0 aromatic heterocycles. The minimum atomic E-state index is 0.305. The van der Waals surface area contributed by atoms with E-state index >= 15 is 0 Å². The van der Waals surface area contributed by atoms with Gasteiger partial charge in [0.1, 0.15) is 0 Å². The highest BCUT2D eigenvalue weighted by Crippen LogP contribution is 2.39. The fourth-order valence-corrected chi connectivity index (χ4v) is 3.26. The van der Waals surface area contributed by atoms with Crippen LogP contribution in [-0.4, -0.2) is 0 Å². The number of benzene rings is 1. The van der Waals surface area contributed by atoms with Crippen molar-refractivity contribution < 1.29 is 0 Å². The van der Waals surface area contributed by atoms with Gasteiger partial charge in [-0.3, -0.25) is 11.3 Å². The highest BCUT2D eigenvalue weighted by Gasteiger charge is 2.30. The van der Waals surface area contributed by atoms with Gasteiger partial charge in [-0.25, -0.2) is 0 Å². The summed E-state index contributed by atoms with van der Waals surface area (Å²) in [5.41, 5.74) is 5.70. The molecular weight excluding hydrogens is 220 g/mol. The predicted molar refractivity (Wildman–Crippen MR) is 76.9 cm³/mol. The molecule has 0 amide bonds. The minimum Gasteiger partial charge on any atom is -0.271 e. The molecule has 1 aromatic rings. The van der Waals surface area contributed by atoms with Gasteiger partial charge in [0.05, 0.1) is 0 Å². The summed E-state index contributed by atoms with van der Waals surface area (Å²) in [5.74, 6) is 8.15. The molecule has 0 radical (unpaired) electrons. The second-order valence-electron chi connectivity index (χ2n) is 6.09. The number of nitrogens with one attached hydrogen (secondary N) is 1. The topological polar surface area (TPSA) is 38.0 Å². The fourth-order valence-electron chi connectivity index (χ4n) is 3.26. The molecule has 1 saturated carbocycles. The zero-order valence-electron chi connectivity index (χ0n) is 11.8. The minimum absolute atomic E-state index is 0.305. The van der Waals surface area contributed by atoms with E-state index in [0.29, 0.717) is 12.0 Å². The monoisotopic (exact) mass is 246 g/mol. The van der Waals surface area contributed by atoms with Crippen molar-refractivity contribution in [2.45, 2.75) is 46.1 Å². The van der Waals surface area contributed by atoms with Crippen LogP contribution in [0.5, 0.6) is 0 Å². The van der Waals surface area contributed by atoms with Crippen LogP contribution in [0.25, 0.3) is 0 Å². The Labute approximate surface area is 111 Å². The first kappa shape index (κ1) is 13.6. The maximum absolute atomic E-state index is 5.82. The number of hydrogen-bond donors (Lipinski definition) is 2. The molecule has 4 atom stereocenters. The Bertz CT molecular complexity index is 388. The number of rotatable bonds is 3. The third-order valence-corrected chi connectivity index (χ3v) is 4.69. The largest absolute Gasteiger partial charge is 0.271 e. The third kappa shape index (κ3) is 2.93. The molecule has 0 saturated heterocycles. The second-order valence-corrected chi connectivity index (χ2v) is 6.09. The van der Waals surface area contributed by atoms with Crippen molar-refractivity contribution in [3.63, 3.8) is 0 Å². The van der Waals surface area contributed by atoms with Gasteiger partial charge in [-0.05, 0) is 43.1 Å². The van der Waals surface area contributed by atoms with E-state index in [0.717, 1.165) is 11.8 Å². The van der Waals surface area contributed by atoms with Crippen LogP contribution in [0.2, 0.25) is 0 Å². The zero-order valence-corrected chi connectivity index (χ0v) is 11.8. The van der Waals surface area contributed by atoms with Crippen LogP contribution < -0.4 is 11.3 Å². The van der Waals surface area contributed by atoms with E-state index in [1.807, 2.05) is 0 Å². The van der Waals surface area contributed by atoms with E-state index in [1.54, 1.807) is 0 Å². The van der Waals surface area contributed by atoms with Gasteiger partial charge in [0, 0.05) is 6.04 Å². The molecule has 1 aliphatic rings. The molecule has 0 heterocycles. The van der Waals surface area contributed by atoms with Crippen LogP contribution in [-0.2, 0) is 0 Å². The number of nitrogens with two attached hydrogens (primary N) is 1. The summed E-state index contributed by atoms with van der Waals surface area (Å²) in [5, 5.41) is 0. The smallest absolute Gasteiger partial charge is 0.0488 e. The van der Waals surface area contributed by atoms with E-state index in [1.165, 1.54) is 30.4 Å². The second kappa shape index (κ2) is 5.85. The van der Waals surface area contributed by atoms with Crippen molar-refractivity contribution in [1.29, 1.82) is 0 Å². The lowest BCUT2D eigenvalue weighted by atomic mass is 9.72. The number of aryl methyl sites for hydroxylation is 1. The van der Waals surface area contributed by atoms with Gasteiger partial charge in [-0.15, -0.1) is 0 Å². The van der Waals surface area contributed by atoms with Gasteiger partial charge in [-0.2, -0.15) is 0 Å². The van der Waals surface area contributed by atoms with Crippen molar-refractivity contribution in [3.8, 4) is 0 Å². The fraction of sp³-hybridized carbons (Fsp3) is 0.625. The van der Waals surface area contributed by atoms with Crippen molar-refractivity contribution in [2.75, 3.05) is 0 Å². The molecule has 4 unspecified atom stereocenters. The van der Waals surface area contributed by atoms with Crippen LogP contribution in [0.3, 0.4) is 0 Å². The molecule has 2 heteroatoms. The summed E-state index contributed by atoms with van der Waals surface area (Å²) in [7, 11) is 0.